The summed E-state index contributed by atoms with van der Waals surface area (Å²) in [7, 11) is 1.60. The van der Waals surface area contributed by atoms with Gasteiger partial charge in [-0.15, -0.1) is 0 Å². The minimum Gasteiger partial charge on any atom is -0.489 e. The van der Waals surface area contributed by atoms with E-state index < -0.39 is 11.7 Å². The predicted molar refractivity (Wildman–Crippen MR) is 118 cm³/mol. The van der Waals surface area contributed by atoms with Gasteiger partial charge >= 0.3 is 6.09 Å². The van der Waals surface area contributed by atoms with Crippen LogP contribution in [0, 0.1) is 5.41 Å². The van der Waals surface area contributed by atoms with Gasteiger partial charge in [0, 0.05) is 19.0 Å². The molecule has 0 aliphatic heterocycles. The molecule has 0 spiro atoms. The lowest BCUT2D eigenvalue weighted by molar-refractivity contribution is 0.0521. The van der Waals surface area contributed by atoms with E-state index in [2.05, 4.69) is 26.1 Å². The lowest BCUT2D eigenvalue weighted by Gasteiger charge is -2.26. The minimum absolute atomic E-state index is 0.105. The number of nitrogens with one attached hydrogen (secondary N) is 1. The summed E-state index contributed by atoms with van der Waals surface area (Å²) >= 11 is 0. The standard InChI is InChI=1S/C23H34N2O5/c1-22(2,3)15-25-18(14-24-21(27)30-23(4,5)6)19(29-13-12-28-7)16-10-8-9-11-17(16)20(25)26/h8-11H,12-15H2,1-7H3,(H,24,27). The first-order valence-electron chi connectivity index (χ1n) is 10.2. The first kappa shape index (κ1) is 23.7. The van der Waals surface area contributed by atoms with Gasteiger partial charge in [0.15, 0.2) is 0 Å². The molecule has 0 atom stereocenters. The molecule has 0 bridgehead atoms. The van der Waals surface area contributed by atoms with E-state index in [1.807, 2.05) is 18.2 Å². The highest BCUT2D eigenvalue weighted by Gasteiger charge is 2.23. The first-order chi connectivity index (χ1) is 13.9. The number of pyridine rings is 1. The molecule has 0 unspecified atom stereocenters. The Kier molecular flexibility index (Phi) is 7.53. The smallest absolute Gasteiger partial charge is 0.407 e. The van der Waals surface area contributed by atoms with Gasteiger partial charge in [-0.1, -0.05) is 39.0 Å². The van der Waals surface area contributed by atoms with Gasteiger partial charge in [-0.2, -0.15) is 0 Å². The van der Waals surface area contributed by atoms with E-state index in [0.29, 0.717) is 42.0 Å². The van der Waals surface area contributed by atoms with Crippen molar-refractivity contribution in [2.75, 3.05) is 20.3 Å². The van der Waals surface area contributed by atoms with E-state index in [1.54, 1.807) is 38.5 Å². The second-order valence-electron chi connectivity index (χ2n) is 9.47. The fourth-order valence-electron chi connectivity index (χ4n) is 3.09. The zero-order valence-electron chi connectivity index (χ0n) is 19.1. The molecule has 0 fully saturated rings. The number of amides is 1. The molecule has 1 heterocycles. The zero-order valence-corrected chi connectivity index (χ0v) is 19.1. The van der Waals surface area contributed by atoms with Crippen LogP contribution >= 0.6 is 0 Å². The van der Waals surface area contributed by atoms with Gasteiger partial charge in [0.05, 0.1) is 24.2 Å². The van der Waals surface area contributed by atoms with Crippen molar-refractivity contribution in [1.29, 1.82) is 0 Å². The number of ether oxygens (including phenoxy) is 3. The number of aromatic nitrogens is 1. The molecule has 0 aliphatic carbocycles. The van der Waals surface area contributed by atoms with Crippen LogP contribution in [-0.2, 0) is 22.6 Å². The zero-order chi connectivity index (χ0) is 22.5. The molecular formula is C23H34N2O5. The van der Waals surface area contributed by atoms with Gasteiger partial charge in [-0.25, -0.2) is 4.79 Å². The van der Waals surface area contributed by atoms with Crippen LogP contribution in [0.1, 0.15) is 47.2 Å². The normalized spacial score (nSPS) is 12.1. The first-order valence-corrected chi connectivity index (χ1v) is 10.2. The quantitative estimate of drug-likeness (QED) is 0.685. The Hall–Kier alpha value is -2.54. The molecule has 30 heavy (non-hydrogen) atoms. The highest BCUT2D eigenvalue weighted by atomic mass is 16.6. The molecule has 0 aliphatic rings. The van der Waals surface area contributed by atoms with Crippen molar-refractivity contribution in [2.24, 2.45) is 5.41 Å². The molecule has 7 nitrogen and oxygen atoms in total. The molecule has 2 rings (SSSR count). The Morgan fingerprint density at radius 1 is 1.03 bits per heavy atom. The molecule has 0 saturated carbocycles. The largest absolute Gasteiger partial charge is 0.489 e. The molecule has 1 aromatic heterocycles. The maximum absolute atomic E-state index is 13.3. The van der Waals surface area contributed by atoms with E-state index in [-0.39, 0.29) is 17.5 Å². The van der Waals surface area contributed by atoms with Crippen LogP contribution in [0.4, 0.5) is 4.79 Å². The third-order valence-corrected chi connectivity index (χ3v) is 4.20. The third kappa shape index (κ3) is 6.49. The van der Waals surface area contributed by atoms with Crippen LogP contribution in [0.2, 0.25) is 0 Å². The molecule has 1 aromatic carbocycles. The van der Waals surface area contributed by atoms with Crippen LogP contribution in [0.25, 0.3) is 10.8 Å². The average Bonchev–Trinajstić information content (AvgIpc) is 2.62. The van der Waals surface area contributed by atoms with Gasteiger partial charge in [0.25, 0.3) is 5.56 Å². The van der Waals surface area contributed by atoms with Crippen molar-refractivity contribution in [3.63, 3.8) is 0 Å². The maximum Gasteiger partial charge on any atom is 0.407 e. The summed E-state index contributed by atoms with van der Waals surface area (Å²) in [6, 6.07) is 7.36. The molecule has 166 valence electrons. The fraction of sp³-hybridized carbons (Fsp3) is 0.565. The van der Waals surface area contributed by atoms with Gasteiger partial charge in [0.1, 0.15) is 18.0 Å². The van der Waals surface area contributed by atoms with E-state index in [0.717, 1.165) is 0 Å². The van der Waals surface area contributed by atoms with Crippen molar-refractivity contribution in [1.82, 2.24) is 9.88 Å². The second-order valence-corrected chi connectivity index (χ2v) is 9.47. The number of methoxy groups -OCH3 is 1. The molecular weight excluding hydrogens is 384 g/mol. The monoisotopic (exact) mass is 418 g/mol. The fourth-order valence-corrected chi connectivity index (χ4v) is 3.09. The lowest BCUT2D eigenvalue weighted by atomic mass is 9.96. The summed E-state index contributed by atoms with van der Waals surface area (Å²) < 4.78 is 18.2. The van der Waals surface area contributed by atoms with E-state index >= 15 is 0 Å². The van der Waals surface area contributed by atoms with Crippen LogP contribution < -0.4 is 15.6 Å². The van der Waals surface area contributed by atoms with Gasteiger partial charge in [-0.3, -0.25) is 4.79 Å². The summed E-state index contributed by atoms with van der Waals surface area (Å²) in [5.74, 6) is 0.572. The Labute approximate surface area is 178 Å². The average molecular weight is 419 g/mol. The lowest BCUT2D eigenvalue weighted by Crippen LogP contribution is -2.36. The highest BCUT2D eigenvalue weighted by Crippen LogP contribution is 2.30. The SMILES string of the molecule is COCCOc1c(CNC(=O)OC(C)(C)C)n(CC(C)(C)C)c(=O)c2ccccc12. The topological polar surface area (TPSA) is 78.8 Å². The molecule has 1 N–H and O–H groups in total. The van der Waals surface area contributed by atoms with Crippen molar-refractivity contribution in [3.8, 4) is 5.75 Å². The number of carbonyl (C=O) groups excluding carboxylic acids is 1. The summed E-state index contributed by atoms with van der Waals surface area (Å²) in [6.07, 6.45) is -0.548. The third-order valence-electron chi connectivity index (χ3n) is 4.20. The van der Waals surface area contributed by atoms with Gasteiger partial charge in [-0.05, 0) is 32.3 Å². The van der Waals surface area contributed by atoms with Gasteiger partial charge < -0.3 is 24.1 Å². The number of fused-ring (bicyclic) bond motifs is 1. The summed E-state index contributed by atoms with van der Waals surface area (Å²) in [6.45, 7) is 12.9. The van der Waals surface area contributed by atoms with Crippen molar-refractivity contribution in [2.45, 2.75) is 60.2 Å². The Bertz CT molecular complexity index is 935. The summed E-state index contributed by atoms with van der Waals surface area (Å²) in [5.41, 5.74) is -0.274. The Balaban J connectivity index is 2.58. The Morgan fingerprint density at radius 2 is 1.67 bits per heavy atom. The van der Waals surface area contributed by atoms with Crippen molar-refractivity contribution < 1.29 is 19.0 Å². The highest BCUT2D eigenvalue weighted by molar-refractivity contribution is 5.88. The van der Waals surface area contributed by atoms with E-state index in [4.69, 9.17) is 14.2 Å². The van der Waals surface area contributed by atoms with Gasteiger partial charge in [0.2, 0.25) is 0 Å². The van der Waals surface area contributed by atoms with E-state index in [1.165, 1.54) is 0 Å². The van der Waals surface area contributed by atoms with Crippen molar-refractivity contribution in [3.05, 3.63) is 40.3 Å². The van der Waals surface area contributed by atoms with Crippen LogP contribution in [0.3, 0.4) is 0 Å². The summed E-state index contributed by atoms with van der Waals surface area (Å²) in [5, 5.41) is 4.06. The van der Waals surface area contributed by atoms with E-state index in [9.17, 15) is 9.59 Å². The number of nitrogens with zero attached hydrogens (tertiary/aromatic N) is 1. The molecule has 0 radical (unpaired) electrons. The maximum atomic E-state index is 13.3. The van der Waals surface area contributed by atoms with Crippen molar-refractivity contribution >= 4 is 16.9 Å². The molecule has 7 heteroatoms. The Morgan fingerprint density at radius 3 is 2.23 bits per heavy atom. The van der Waals surface area contributed by atoms with Crippen LogP contribution in [0.5, 0.6) is 5.75 Å². The van der Waals surface area contributed by atoms with Crippen LogP contribution in [0.15, 0.2) is 29.1 Å². The second kappa shape index (κ2) is 9.51. The number of rotatable bonds is 7. The molecule has 2 aromatic rings. The minimum atomic E-state index is -0.615. The molecule has 0 saturated heterocycles. The predicted octanol–water partition coefficient (Wildman–Crippen LogP) is 4.10. The number of hydrogen-bond donors (Lipinski definition) is 1. The number of benzene rings is 1. The summed E-state index contributed by atoms with van der Waals surface area (Å²) in [4.78, 5) is 25.6. The number of carbonyl (C=O) groups is 1. The molecule has 1 amide bonds. The number of alkyl carbamates (subject to hydrolysis) is 1. The number of hydrogen-bond acceptors (Lipinski definition) is 5. The van der Waals surface area contributed by atoms with Crippen LogP contribution in [-0.4, -0.2) is 36.6 Å².